The van der Waals surface area contributed by atoms with Gasteiger partial charge in [-0.15, -0.1) is 0 Å². The fourth-order valence-electron chi connectivity index (χ4n) is 7.18. The molecule has 0 radical (unpaired) electrons. The number of H-pyrrole nitrogens is 2. The van der Waals surface area contributed by atoms with E-state index in [0.717, 1.165) is 22.8 Å². The van der Waals surface area contributed by atoms with Crippen molar-refractivity contribution < 1.29 is 177 Å². The number of carbonyl (C=O) groups excluding carboxylic acids is 3. The summed E-state index contributed by atoms with van der Waals surface area (Å²) in [6.07, 6.45) is 0. The number of carboxylic acids is 1. The molecule has 0 unspecified atom stereocenters. The third kappa shape index (κ3) is 11.6. The van der Waals surface area contributed by atoms with E-state index in [1.54, 1.807) is 0 Å². The third-order valence-corrected chi connectivity index (χ3v) is 12.7. The molecule has 21 nitrogen and oxygen atoms in total. The topological polar surface area (TPSA) is 349 Å². The van der Waals surface area contributed by atoms with Crippen LogP contribution in [-0.4, -0.2) is 76.0 Å². The van der Waals surface area contributed by atoms with Crippen LogP contribution >= 0.6 is 11.6 Å². The number of hydrogen-bond acceptors (Lipinski definition) is 18. The first-order valence-electron chi connectivity index (χ1n) is 18.1. The molecule has 330 valence electrons. The molecule has 5 aromatic carbocycles. The van der Waals surface area contributed by atoms with Crippen LogP contribution in [0.15, 0.2) is 127 Å². The second-order valence-corrected chi connectivity index (χ2v) is 18.3. The Bertz CT molecular complexity index is 3890. The molecule has 29 heteroatoms. The molecule has 7 aromatic rings. The van der Waals surface area contributed by atoms with Crippen molar-refractivity contribution in [2.45, 2.75) is 14.7 Å². The number of carboxylic acid groups (broad SMARTS) is 1. The molecule has 2 heterocycles. The van der Waals surface area contributed by atoms with Gasteiger partial charge in [0, 0.05) is 34.7 Å². The van der Waals surface area contributed by atoms with Gasteiger partial charge in [-0.3, -0.25) is 19.4 Å². The van der Waals surface area contributed by atoms with Crippen LogP contribution in [0.3, 0.4) is 0 Å². The monoisotopic (exact) mass is 1050 g/mol. The normalized spacial score (nSPS) is 12.4. The minimum Gasteiger partial charge on any atom is -0.744 e. The van der Waals surface area contributed by atoms with Gasteiger partial charge in [-0.25, -0.2) is 35.2 Å². The molecule has 8 rings (SSSR count). The molecule has 3 N–H and O–H groups in total. The molecule has 0 saturated carbocycles. The number of para-hydroxylation sites is 1. The van der Waals surface area contributed by atoms with Crippen LogP contribution in [0.25, 0.3) is 22.0 Å². The van der Waals surface area contributed by atoms with E-state index in [-0.39, 0.29) is 180 Å². The summed E-state index contributed by atoms with van der Waals surface area (Å²) < 4.78 is 113. The van der Waals surface area contributed by atoms with Crippen molar-refractivity contribution in [3.63, 3.8) is 0 Å². The number of fused-ring (bicyclic) bond motifs is 2. The molecule has 1 aliphatic rings. The number of pyridine rings is 1. The average molecular weight is 1050 g/mol. The van der Waals surface area contributed by atoms with Crippen molar-refractivity contribution in [3.8, 4) is 11.1 Å². The van der Waals surface area contributed by atoms with E-state index in [2.05, 4.69) is 30.3 Å². The number of aromatic nitrogens is 4. The molecule has 0 bridgehead atoms. The summed E-state index contributed by atoms with van der Waals surface area (Å²) in [5.41, 5.74) is -5.42. The van der Waals surface area contributed by atoms with E-state index in [4.69, 9.17) is 11.6 Å². The number of benzene rings is 5. The number of anilines is 2. The Labute approximate surface area is 483 Å². The SMILES string of the molecule is Cn1c(=O)c(C(=O)c2cccc(S(=O)(=O)[O-])c2)c2c3c(c(Nc4cc(N=c5[nH]c(Cl)nc(=Nc6ccccc6C(=O)[O-])[nH]5)c(S(=O)(=O)[O-])cc4S(=O)(=O)[O-])ccc31)C(=O)c1ccccc1-2.[Na+].[Na+].[Na+].[Na+]. The van der Waals surface area contributed by atoms with Gasteiger partial charge < -0.3 is 38.4 Å². The van der Waals surface area contributed by atoms with Crippen molar-refractivity contribution in [1.29, 1.82) is 0 Å². The molecule has 1 aliphatic carbocycles. The summed E-state index contributed by atoms with van der Waals surface area (Å²) in [6, 6.07) is 18.6. The first kappa shape index (κ1) is 58.1. The zero-order chi connectivity index (χ0) is 46.9. The smallest absolute Gasteiger partial charge is 0.744 e. The van der Waals surface area contributed by atoms with Crippen LogP contribution in [0, 0.1) is 0 Å². The molecular formula is C40H22ClN7Na4O14S3. The molecule has 0 aliphatic heterocycles. The summed E-state index contributed by atoms with van der Waals surface area (Å²) in [4.78, 5) is 68.2. The molecule has 0 fully saturated rings. The van der Waals surface area contributed by atoms with Gasteiger partial charge in [-0.2, -0.15) is 4.98 Å². The van der Waals surface area contributed by atoms with Gasteiger partial charge in [0.15, 0.2) is 11.6 Å². The summed E-state index contributed by atoms with van der Waals surface area (Å²) >= 11 is 6.14. The van der Waals surface area contributed by atoms with Crippen molar-refractivity contribution in [2.24, 2.45) is 17.0 Å². The Morgan fingerprint density at radius 3 is 1.97 bits per heavy atom. The number of aryl methyl sites for hydroxylation is 1. The molecular weight excluding hydrogens is 1030 g/mol. The van der Waals surface area contributed by atoms with E-state index in [1.807, 2.05) is 0 Å². The van der Waals surface area contributed by atoms with Gasteiger partial charge in [0.2, 0.25) is 16.5 Å². The molecule has 2 aromatic heterocycles. The fourth-order valence-corrected chi connectivity index (χ4v) is 9.21. The molecule has 0 amide bonds. The minimum atomic E-state index is -5.69. The van der Waals surface area contributed by atoms with E-state index < -0.39 is 102 Å². The summed E-state index contributed by atoms with van der Waals surface area (Å²) in [7, 11) is -15.1. The molecule has 0 saturated heterocycles. The zero-order valence-corrected chi connectivity index (χ0v) is 47.6. The Hall–Kier alpha value is -3.45. The fraction of sp³-hybridized carbons (Fsp3) is 0.0250. The van der Waals surface area contributed by atoms with Crippen LogP contribution in [0.2, 0.25) is 5.28 Å². The number of nitrogens with zero attached hydrogens (tertiary/aromatic N) is 4. The van der Waals surface area contributed by atoms with Gasteiger partial charge >= 0.3 is 118 Å². The number of ketones is 2. The number of rotatable bonds is 10. The van der Waals surface area contributed by atoms with Gasteiger partial charge in [0.05, 0.1) is 60.0 Å². The van der Waals surface area contributed by atoms with E-state index in [9.17, 15) is 63.2 Å². The van der Waals surface area contributed by atoms with E-state index in [0.29, 0.717) is 6.07 Å². The Balaban J connectivity index is 0.00000259. The van der Waals surface area contributed by atoms with Crippen LogP contribution < -0.4 is 145 Å². The van der Waals surface area contributed by atoms with Crippen LogP contribution in [0.4, 0.5) is 22.7 Å². The Kier molecular flexibility index (Phi) is 18.6. The van der Waals surface area contributed by atoms with Crippen LogP contribution in [-0.2, 0) is 37.4 Å². The van der Waals surface area contributed by atoms with Crippen molar-refractivity contribution in [3.05, 3.63) is 152 Å². The maximum atomic E-state index is 14.5. The summed E-state index contributed by atoms with van der Waals surface area (Å²) in [5.74, 6) is -3.38. The number of nitrogens with one attached hydrogen (secondary N) is 3. The quantitative estimate of drug-likeness (QED) is 0.0651. The number of hydrogen-bond donors (Lipinski definition) is 3. The maximum Gasteiger partial charge on any atom is 1.00 e. The standard InChI is InChI=1S/C40H26ClN7O14S3.4Na/c1-48-27-14-13-24(31-32(27)30(20-9-2-3-10-21(20)35(31)50)33(36(48)51)34(49)18-7-6-8-19(15-18)63(54,55)56)42-25-16-26(29(65(60,61)62)17-28(25)64(57,58)59)44-40-46-38(41)45-39(47-40)43-23-12-5-4-11-22(23)37(52)53;;;;/h2-17,42H,1H3,(H,52,53)(H,54,55,56)(H,57,58,59)(H,60,61,62)(H2,43,44,45,46,47);;;;/q;4*+1/p-4. The second-order valence-electron chi connectivity index (χ2n) is 13.9. The van der Waals surface area contributed by atoms with Gasteiger partial charge in [-0.05, 0) is 59.6 Å². The molecule has 0 atom stereocenters. The van der Waals surface area contributed by atoms with Crippen molar-refractivity contribution >= 4 is 93.1 Å². The van der Waals surface area contributed by atoms with Crippen LogP contribution in [0.5, 0.6) is 0 Å². The molecule has 0 spiro atoms. The molecule has 69 heavy (non-hydrogen) atoms. The minimum absolute atomic E-state index is 0. The van der Waals surface area contributed by atoms with Gasteiger partial charge in [0.1, 0.15) is 30.4 Å². The van der Waals surface area contributed by atoms with E-state index in [1.165, 1.54) is 73.8 Å². The van der Waals surface area contributed by atoms with Gasteiger partial charge in [0.25, 0.3) is 5.56 Å². The number of aromatic amines is 2. The predicted molar refractivity (Wildman–Crippen MR) is 221 cm³/mol. The Morgan fingerprint density at radius 2 is 1.33 bits per heavy atom. The number of halogens is 1. The largest absolute Gasteiger partial charge is 1.00 e. The summed E-state index contributed by atoms with van der Waals surface area (Å²) in [5, 5.41) is 13.8. The first-order chi connectivity index (χ1) is 30.5. The summed E-state index contributed by atoms with van der Waals surface area (Å²) in [6.45, 7) is 0. The second kappa shape index (κ2) is 22.1. The third-order valence-electron chi connectivity index (χ3n) is 9.95. The average Bonchev–Trinajstić information content (AvgIpc) is 3.23. The Morgan fingerprint density at radius 1 is 0.696 bits per heavy atom. The number of carbonyl (C=O) groups is 3. The van der Waals surface area contributed by atoms with Crippen LogP contribution in [0.1, 0.15) is 42.2 Å². The maximum absolute atomic E-state index is 14.5. The van der Waals surface area contributed by atoms with Crippen molar-refractivity contribution in [1.82, 2.24) is 19.5 Å². The van der Waals surface area contributed by atoms with Gasteiger partial charge in [-0.1, -0.05) is 54.6 Å². The first-order valence-corrected chi connectivity index (χ1v) is 22.7. The zero-order valence-electron chi connectivity index (χ0n) is 36.3. The predicted octanol–water partition coefficient (Wildman–Crippen LogP) is -10.0. The van der Waals surface area contributed by atoms with E-state index >= 15 is 0 Å². The number of aromatic carboxylic acids is 1. The van der Waals surface area contributed by atoms with Crippen molar-refractivity contribution in [2.75, 3.05) is 5.32 Å².